The molecule has 158 valence electrons. The number of carbonyl (C=O) groups is 2. The number of esters is 1. The SMILES string of the molecule is CCOc1ccc(C(=O)Nc2ccc(C(=O)OC3CCCCC3)cc2)cc1[N+](=O)[O-]. The number of nitrogens with zero attached hydrogens (tertiary/aromatic N) is 1. The number of carbonyl (C=O) groups excluding carboxylic acids is 2. The van der Waals surface area contributed by atoms with Crippen LogP contribution in [0.1, 0.15) is 59.7 Å². The zero-order chi connectivity index (χ0) is 21.5. The fourth-order valence-electron chi connectivity index (χ4n) is 3.37. The van der Waals surface area contributed by atoms with Crippen molar-refractivity contribution in [3.05, 3.63) is 63.7 Å². The Kier molecular flexibility index (Phi) is 7.00. The molecule has 0 bridgehead atoms. The van der Waals surface area contributed by atoms with E-state index in [9.17, 15) is 19.7 Å². The van der Waals surface area contributed by atoms with E-state index in [1.807, 2.05) is 0 Å². The fourth-order valence-corrected chi connectivity index (χ4v) is 3.37. The van der Waals surface area contributed by atoms with Gasteiger partial charge in [-0.1, -0.05) is 6.42 Å². The number of rotatable bonds is 7. The van der Waals surface area contributed by atoms with Gasteiger partial charge in [0.05, 0.1) is 17.1 Å². The predicted octanol–water partition coefficient (Wildman–Crippen LogP) is 4.74. The van der Waals surface area contributed by atoms with Gasteiger partial charge in [0.25, 0.3) is 5.91 Å². The molecule has 0 aromatic heterocycles. The molecule has 0 atom stereocenters. The van der Waals surface area contributed by atoms with Crippen LogP contribution in [0.3, 0.4) is 0 Å². The topological polar surface area (TPSA) is 108 Å². The molecular formula is C22H24N2O6. The van der Waals surface area contributed by atoms with Crippen LogP contribution in [0.25, 0.3) is 0 Å². The molecule has 8 heteroatoms. The third kappa shape index (κ3) is 5.34. The largest absolute Gasteiger partial charge is 0.487 e. The minimum Gasteiger partial charge on any atom is -0.487 e. The maximum absolute atomic E-state index is 12.5. The molecule has 1 aliphatic carbocycles. The van der Waals surface area contributed by atoms with E-state index in [1.54, 1.807) is 31.2 Å². The highest BCUT2D eigenvalue weighted by Gasteiger charge is 2.20. The van der Waals surface area contributed by atoms with Crippen LogP contribution in [0.5, 0.6) is 5.75 Å². The smallest absolute Gasteiger partial charge is 0.338 e. The number of nitro groups is 1. The van der Waals surface area contributed by atoms with Crippen molar-refractivity contribution >= 4 is 23.3 Å². The zero-order valence-corrected chi connectivity index (χ0v) is 16.8. The number of anilines is 1. The first kappa shape index (κ1) is 21.3. The van der Waals surface area contributed by atoms with Gasteiger partial charge in [-0.25, -0.2) is 4.79 Å². The van der Waals surface area contributed by atoms with Gasteiger partial charge in [0.2, 0.25) is 0 Å². The number of nitro benzene ring substituents is 1. The molecule has 1 amide bonds. The van der Waals surface area contributed by atoms with Crippen LogP contribution in [0, 0.1) is 10.1 Å². The molecule has 0 aliphatic heterocycles. The van der Waals surface area contributed by atoms with Gasteiger partial charge < -0.3 is 14.8 Å². The first-order valence-corrected chi connectivity index (χ1v) is 10.0. The molecule has 1 aliphatic rings. The van der Waals surface area contributed by atoms with E-state index in [-0.39, 0.29) is 35.7 Å². The van der Waals surface area contributed by atoms with Crippen molar-refractivity contribution in [1.29, 1.82) is 0 Å². The average molecular weight is 412 g/mol. The monoisotopic (exact) mass is 412 g/mol. The van der Waals surface area contributed by atoms with E-state index in [0.29, 0.717) is 11.3 Å². The summed E-state index contributed by atoms with van der Waals surface area (Å²) in [4.78, 5) is 35.4. The van der Waals surface area contributed by atoms with Gasteiger partial charge in [-0.2, -0.15) is 0 Å². The van der Waals surface area contributed by atoms with Gasteiger partial charge in [-0.05, 0) is 69.0 Å². The molecule has 1 saturated carbocycles. The van der Waals surface area contributed by atoms with Crippen LogP contribution < -0.4 is 10.1 Å². The second-order valence-electron chi connectivity index (χ2n) is 7.07. The highest BCUT2D eigenvalue weighted by molar-refractivity contribution is 6.05. The van der Waals surface area contributed by atoms with Gasteiger partial charge in [0.15, 0.2) is 5.75 Å². The van der Waals surface area contributed by atoms with Crippen LogP contribution in [0.15, 0.2) is 42.5 Å². The van der Waals surface area contributed by atoms with Crippen LogP contribution in [0.2, 0.25) is 0 Å². The lowest BCUT2D eigenvalue weighted by atomic mass is 9.98. The molecule has 1 N–H and O–H groups in total. The minimum atomic E-state index is -0.589. The second kappa shape index (κ2) is 9.87. The van der Waals surface area contributed by atoms with Crippen molar-refractivity contribution in [3.8, 4) is 5.75 Å². The quantitative estimate of drug-likeness (QED) is 0.400. The molecule has 0 spiro atoms. The second-order valence-corrected chi connectivity index (χ2v) is 7.07. The Labute approximate surface area is 174 Å². The predicted molar refractivity (Wildman–Crippen MR) is 111 cm³/mol. The van der Waals surface area contributed by atoms with E-state index < -0.39 is 10.8 Å². The van der Waals surface area contributed by atoms with Crippen molar-refractivity contribution in [1.82, 2.24) is 0 Å². The minimum absolute atomic E-state index is 0.0268. The normalized spacial score (nSPS) is 14.0. The Bertz CT molecular complexity index is 920. The van der Waals surface area contributed by atoms with Gasteiger partial charge in [-0.3, -0.25) is 14.9 Å². The zero-order valence-electron chi connectivity index (χ0n) is 16.8. The molecule has 0 saturated heterocycles. The fraction of sp³-hybridized carbons (Fsp3) is 0.364. The van der Waals surface area contributed by atoms with Gasteiger partial charge in [0, 0.05) is 17.3 Å². The standard InChI is InChI=1S/C22H24N2O6/c1-2-29-20-13-10-16(14-19(20)24(27)28)21(25)23-17-11-8-15(9-12-17)22(26)30-18-6-4-3-5-7-18/h8-14,18H,2-7H2,1H3,(H,23,25). The van der Waals surface area contributed by atoms with Crippen LogP contribution in [0.4, 0.5) is 11.4 Å². The Morgan fingerprint density at radius 1 is 1.07 bits per heavy atom. The molecule has 2 aromatic rings. The number of nitrogens with one attached hydrogen (secondary N) is 1. The Morgan fingerprint density at radius 3 is 2.37 bits per heavy atom. The molecule has 30 heavy (non-hydrogen) atoms. The van der Waals surface area contributed by atoms with E-state index >= 15 is 0 Å². The summed E-state index contributed by atoms with van der Waals surface area (Å²) in [7, 11) is 0. The molecular weight excluding hydrogens is 388 g/mol. The number of benzene rings is 2. The van der Waals surface area contributed by atoms with Crippen LogP contribution in [-0.2, 0) is 4.74 Å². The van der Waals surface area contributed by atoms with Crippen molar-refractivity contribution in [2.45, 2.75) is 45.1 Å². The Balaban J connectivity index is 1.64. The number of hydrogen-bond donors (Lipinski definition) is 1. The summed E-state index contributed by atoms with van der Waals surface area (Å²) >= 11 is 0. The van der Waals surface area contributed by atoms with Crippen molar-refractivity contribution in [2.75, 3.05) is 11.9 Å². The molecule has 0 radical (unpaired) electrons. The van der Waals surface area contributed by atoms with Crippen LogP contribution in [-0.4, -0.2) is 29.5 Å². The lowest BCUT2D eigenvalue weighted by Gasteiger charge is -2.21. The van der Waals surface area contributed by atoms with E-state index in [2.05, 4.69) is 5.32 Å². The molecule has 0 unspecified atom stereocenters. The molecule has 2 aromatic carbocycles. The third-order valence-corrected chi connectivity index (χ3v) is 4.92. The average Bonchev–Trinajstić information content (AvgIpc) is 2.75. The first-order chi connectivity index (χ1) is 14.5. The molecule has 8 nitrogen and oxygen atoms in total. The summed E-state index contributed by atoms with van der Waals surface area (Å²) in [5.41, 5.74) is 0.734. The lowest BCUT2D eigenvalue weighted by Crippen LogP contribution is -2.21. The van der Waals surface area contributed by atoms with E-state index in [1.165, 1.54) is 24.6 Å². The number of ether oxygens (including phenoxy) is 2. The highest BCUT2D eigenvalue weighted by Crippen LogP contribution is 2.28. The Hall–Kier alpha value is -3.42. The number of amides is 1. The maximum atomic E-state index is 12.5. The molecule has 3 rings (SSSR count). The van der Waals surface area contributed by atoms with Gasteiger partial charge in [-0.15, -0.1) is 0 Å². The summed E-state index contributed by atoms with van der Waals surface area (Å²) in [6, 6.07) is 10.4. The van der Waals surface area contributed by atoms with Gasteiger partial charge >= 0.3 is 11.7 Å². The van der Waals surface area contributed by atoms with E-state index in [0.717, 1.165) is 25.7 Å². The van der Waals surface area contributed by atoms with Crippen molar-refractivity contribution in [2.24, 2.45) is 0 Å². The summed E-state index contributed by atoms with van der Waals surface area (Å²) in [6.07, 6.45) is 5.10. The number of hydrogen-bond acceptors (Lipinski definition) is 6. The van der Waals surface area contributed by atoms with Crippen molar-refractivity contribution < 1.29 is 24.0 Å². The third-order valence-electron chi connectivity index (χ3n) is 4.92. The van der Waals surface area contributed by atoms with E-state index in [4.69, 9.17) is 9.47 Å². The molecule has 0 heterocycles. The maximum Gasteiger partial charge on any atom is 0.338 e. The Morgan fingerprint density at radius 2 is 1.73 bits per heavy atom. The van der Waals surface area contributed by atoms with Gasteiger partial charge in [0.1, 0.15) is 6.10 Å². The highest BCUT2D eigenvalue weighted by atomic mass is 16.6. The summed E-state index contributed by atoms with van der Waals surface area (Å²) in [5, 5.41) is 13.9. The molecule has 1 fully saturated rings. The summed E-state index contributed by atoms with van der Waals surface area (Å²) in [6.45, 7) is 2.00. The van der Waals surface area contributed by atoms with Crippen LogP contribution >= 0.6 is 0 Å². The summed E-state index contributed by atoms with van der Waals surface area (Å²) in [5.74, 6) is -0.763. The summed E-state index contributed by atoms with van der Waals surface area (Å²) < 4.78 is 10.8. The first-order valence-electron chi connectivity index (χ1n) is 10.0. The van der Waals surface area contributed by atoms with Crippen molar-refractivity contribution in [3.63, 3.8) is 0 Å². The lowest BCUT2D eigenvalue weighted by molar-refractivity contribution is -0.385.